The first-order valence-corrected chi connectivity index (χ1v) is 11.2. The highest BCUT2D eigenvalue weighted by Crippen LogP contribution is 2.39. The molecule has 1 atom stereocenters. The topological polar surface area (TPSA) is 91.8 Å². The summed E-state index contributed by atoms with van der Waals surface area (Å²) in [4.78, 5) is 18.0. The standard InChI is InChI=1S/C22H21ClN4O2S/c1-13-5-10-16-17(12-24)22(30-18(16)11-13)25-19(28)3-2-4-20-26-21(27-29-20)14-6-8-15(23)9-7-14/h6-9,13H,2-5,10-11H2,1H3,(H,25,28)/t13-/m0/s1. The molecule has 0 aliphatic heterocycles. The number of benzene rings is 1. The van der Waals surface area contributed by atoms with Crippen LogP contribution in [0.15, 0.2) is 28.8 Å². The fourth-order valence-corrected chi connectivity index (χ4v) is 5.12. The number of thiophene rings is 1. The zero-order valence-electron chi connectivity index (χ0n) is 16.6. The quantitative estimate of drug-likeness (QED) is 0.553. The summed E-state index contributed by atoms with van der Waals surface area (Å²) in [5.74, 6) is 1.52. The van der Waals surface area contributed by atoms with Crippen molar-refractivity contribution in [2.24, 2.45) is 5.92 Å². The van der Waals surface area contributed by atoms with Crippen LogP contribution in [0.4, 0.5) is 5.00 Å². The number of carbonyl (C=O) groups is 1. The van der Waals surface area contributed by atoms with Crippen LogP contribution in [-0.2, 0) is 24.1 Å². The van der Waals surface area contributed by atoms with Crippen molar-refractivity contribution in [3.8, 4) is 17.5 Å². The minimum absolute atomic E-state index is 0.101. The van der Waals surface area contributed by atoms with E-state index in [2.05, 4.69) is 28.5 Å². The Morgan fingerprint density at radius 3 is 2.97 bits per heavy atom. The molecule has 0 unspecified atom stereocenters. The third-order valence-corrected chi connectivity index (χ3v) is 6.66. The van der Waals surface area contributed by atoms with Gasteiger partial charge >= 0.3 is 0 Å². The fourth-order valence-electron chi connectivity index (χ4n) is 3.62. The van der Waals surface area contributed by atoms with E-state index in [9.17, 15) is 10.1 Å². The van der Waals surface area contributed by atoms with Crippen LogP contribution in [0.1, 0.15) is 48.1 Å². The Morgan fingerprint density at radius 2 is 2.20 bits per heavy atom. The lowest BCUT2D eigenvalue weighted by Gasteiger charge is -2.17. The van der Waals surface area contributed by atoms with Gasteiger partial charge < -0.3 is 9.84 Å². The smallest absolute Gasteiger partial charge is 0.226 e. The maximum atomic E-state index is 12.4. The zero-order chi connectivity index (χ0) is 21.1. The Hall–Kier alpha value is -2.69. The van der Waals surface area contributed by atoms with Gasteiger partial charge in [-0.15, -0.1) is 11.3 Å². The molecule has 8 heteroatoms. The number of aryl methyl sites for hydroxylation is 1. The molecule has 0 spiro atoms. The van der Waals surface area contributed by atoms with Crippen LogP contribution in [0, 0.1) is 17.2 Å². The lowest BCUT2D eigenvalue weighted by atomic mass is 9.88. The first-order chi connectivity index (χ1) is 14.5. The van der Waals surface area contributed by atoms with Crippen molar-refractivity contribution < 1.29 is 9.32 Å². The van der Waals surface area contributed by atoms with Gasteiger partial charge in [-0.3, -0.25) is 4.79 Å². The van der Waals surface area contributed by atoms with Crippen molar-refractivity contribution in [1.82, 2.24) is 10.1 Å². The molecular formula is C22H21ClN4O2S. The fraction of sp³-hybridized carbons (Fsp3) is 0.364. The van der Waals surface area contributed by atoms with E-state index in [0.29, 0.717) is 52.5 Å². The molecule has 3 aromatic rings. The number of nitrogens with zero attached hydrogens (tertiary/aromatic N) is 3. The third-order valence-electron chi connectivity index (χ3n) is 5.24. The van der Waals surface area contributed by atoms with Crippen LogP contribution >= 0.6 is 22.9 Å². The molecule has 6 nitrogen and oxygen atoms in total. The number of anilines is 1. The predicted octanol–water partition coefficient (Wildman–Crippen LogP) is 5.41. The van der Waals surface area contributed by atoms with Crippen LogP contribution in [0.3, 0.4) is 0 Å². The summed E-state index contributed by atoms with van der Waals surface area (Å²) in [5, 5.41) is 17.8. The van der Waals surface area contributed by atoms with Gasteiger partial charge in [-0.05, 0) is 61.4 Å². The van der Waals surface area contributed by atoms with Gasteiger partial charge in [0.1, 0.15) is 11.1 Å². The Kier molecular flexibility index (Phi) is 6.16. The largest absolute Gasteiger partial charge is 0.339 e. The number of halogens is 1. The van der Waals surface area contributed by atoms with Crippen LogP contribution < -0.4 is 5.32 Å². The van der Waals surface area contributed by atoms with E-state index < -0.39 is 0 Å². The first-order valence-electron chi connectivity index (χ1n) is 9.96. The van der Waals surface area contributed by atoms with E-state index in [0.717, 1.165) is 30.4 Å². The molecule has 0 saturated heterocycles. The van der Waals surface area contributed by atoms with Gasteiger partial charge in [0.05, 0.1) is 5.56 Å². The maximum Gasteiger partial charge on any atom is 0.226 e. The number of fused-ring (bicyclic) bond motifs is 1. The first kappa shape index (κ1) is 20.6. The summed E-state index contributed by atoms with van der Waals surface area (Å²) >= 11 is 7.44. The van der Waals surface area contributed by atoms with E-state index in [1.54, 1.807) is 23.5 Å². The van der Waals surface area contributed by atoms with E-state index in [1.807, 2.05) is 12.1 Å². The number of hydrogen-bond donors (Lipinski definition) is 1. The molecule has 1 amide bonds. The molecule has 0 bridgehead atoms. The number of carbonyl (C=O) groups excluding carboxylic acids is 1. The molecule has 1 aliphatic rings. The molecule has 1 N–H and O–H groups in total. The number of aromatic nitrogens is 2. The number of rotatable bonds is 6. The van der Waals surface area contributed by atoms with Crippen molar-refractivity contribution in [2.75, 3.05) is 5.32 Å². The highest BCUT2D eigenvalue weighted by atomic mass is 35.5. The second kappa shape index (κ2) is 8.99. The normalized spacial score (nSPS) is 15.4. The molecule has 2 heterocycles. The minimum atomic E-state index is -0.101. The van der Waals surface area contributed by atoms with Crippen LogP contribution in [-0.4, -0.2) is 16.0 Å². The predicted molar refractivity (Wildman–Crippen MR) is 117 cm³/mol. The molecule has 2 aromatic heterocycles. The van der Waals surface area contributed by atoms with E-state index >= 15 is 0 Å². The molecular weight excluding hydrogens is 420 g/mol. The van der Waals surface area contributed by atoms with Gasteiger partial charge in [0.25, 0.3) is 0 Å². The molecule has 0 radical (unpaired) electrons. The highest BCUT2D eigenvalue weighted by Gasteiger charge is 2.24. The van der Waals surface area contributed by atoms with Crippen molar-refractivity contribution in [3.05, 3.63) is 51.2 Å². The average Bonchev–Trinajstić information content (AvgIpc) is 3.32. The van der Waals surface area contributed by atoms with Crippen LogP contribution in [0.2, 0.25) is 5.02 Å². The molecule has 30 heavy (non-hydrogen) atoms. The van der Waals surface area contributed by atoms with Crippen LogP contribution in [0.25, 0.3) is 11.4 Å². The van der Waals surface area contributed by atoms with E-state index in [-0.39, 0.29) is 5.91 Å². The van der Waals surface area contributed by atoms with Gasteiger partial charge in [0.2, 0.25) is 17.6 Å². The summed E-state index contributed by atoms with van der Waals surface area (Å²) in [6.07, 6.45) is 4.41. The zero-order valence-corrected chi connectivity index (χ0v) is 18.1. The average molecular weight is 441 g/mol. The molecule has 0 fully saturated rings. The van der Waals surface area contributed by atoms with E-state index in [4.69, 9.17) is 16.1 Å². The van der Waals surface area contributed by atoms with Gasteiger partial charge in [-0.1, -0.05) is 23.7 Å². The molecule has 154 valence electrons. The summed E-state index contributed by atoms with van der Waals surface area (Å²) in [6.45, 7) is 2.23. The summed E-state index contributed by atoms with van der Waals surface area (Å²) in [5.41, 5.74) is 2.59. The molecule has 0 saturated carbocycles. The monoisotopic (exact) mass is 440 g/mol. The van der Waals surface area contributed by atoms with Crippen molar-refractivity contribution >= 4 is 33.8 Å². The minimum Gasteiger partial charge on any atom is -0.339 e. The number of amides is 1. The molecule has 1 aromatic carbocycles. The maximum absolute atomic E-state index is 12.4. The Balaban J connectivity index is 1.32. The molecule has 1 aliphatic carbocycles. The third kappa shape index (κ3) is 4.55. The Bertz CT molecular complexity index is 1100. The SMILES string of the molecule is C[C@H]1CCc2c(sc(NC(=O)CCCc3nc(-c4ccc(Cl)cc4)no3)c2C#N)C1. The number of hydrogen-bond acceptors (Lipinski definition) is 6. The van der Waals surface area contributed by atoms with Gasteiger partial charge in [0.15, 0.2) is 0 Å². The van der Waals surface area contributed by atoms with E-state index in [1.165, 1.54) is 4.88 Å². The highest BCUT2D eigenvalue weighted by molar-refractivity contribution is 7.16. The van der Waals surface area contributed by atoms with Gasteiger partial charge in [-0.25, -0.2) is 0 Å². The number of nitriles is 1. The van der Waals surface area contributed by atoms with Crippen molar-refractivity contribution in [1.29, 1.82) is 5.26 Å². The Labute approximate surface area is 183 Å². The van der Waals surface area contributed by atoms with Crippen molar-refractivity contribution in [3.63, 3.8) is 0 Å². The summed E-state index contributed by atoms with van der Waals surface area (Å²) < 4.78 is 5.28. The second-order valence-corrected chi connectivity index (χ2v) is 9.13. The van der Waals surface area contributed by atoms with Crippen LogP contribution in [0.5, 0.6) is 0 Å². The van der Waals surface area contributed by atoms with Crippen molar-refractivity contribution in [2.45, 2.75) is 45.4 Å². The van der Waals surface area contributed by atoms with Gasteiger partial charge in [-0.2, -0.15) is 10.2 Å². The summed E-state index contributed by atoms with van der Waals surface area (Å²) in [7, 11) is 0. The summed E-state index contributed by atoms with van der Waals surface area (Å²) in [6, 6.07) is 9.49. The lowest BCUT2D eigenvalue weighted by molar-refractivity contribution is -0.116. The Morgan fingerprint density at radius 1 is 1.40 bits per heavy atom. The second-order valence-electron chi connectivity index (χ2n) is 7.59. The molecule has 4 rings (SSSR count). The lowest BCUT2D eigenvalue weighted by Crippen LogP contribution is -2.12. The van der Waals surface area contributed by atoms with Gasteiger partial charge in [0, 0.05) is 28.3 Å². The number of nitrogens with one attached hydrogen (secondary N) is 1.